The summed E-state index contributed by atoms with van der Waals surface area (Å²) in [6, 6.07) is 0. The van der Waals surface area contributed by atoms with E-state index in [4.69, 9.17) is 9.47 Å². The van der Waals surface area contributed by atoms with Crippen molar-refractivity contribution in [3.63, 3.8) is 0 Å². The Bertz CT molecular complexity index is 766. The Labute approximate surface area is 126 Å². The molecule has 0 bridgehead atoms. The molecule has 2 saturated heterocycles. The Morgan fingerprint density at radius 3 is 1.59 bits per heavy atom. The first-order valence-corrected chi connectivity index (χ1v) is 7.06. The van der Waals surface area contributed by atoms with Gasteiger partial charge in [0.25, 0.3) is 0 Å². The van der Waals surface area contributed by atoms with Gasteiger partial charge < -0.3 is 9.47 Å². The van der Waals surface area contributed by atoms with Crippen LogP contribution < -0.4 is 17.1 Å². The third-order valence-corrected chi connectivity index (χ3v) is 3.97. The van der Waals surface area contributed by atoms with Crippen LogP contribution >= 0.6 is 0 Å². The SMILES string of the molecule is C=CCn1c(=O)n(C2OC2(C)C)c(=O)n(C2OC2(C)C)c1=O. The zero-order valence-electron chi connectivity index (χ0n) is 13.0. The predicted molar refractivity (Wildman–Crippen MR) is 77.8 cm³/mol. The molecular formula is C14H19N3O5. The van der Waals surface area contributed by atoms with E-state index in [0.717, 1.165) is 13.7 Å². The molecule has 0 aromatic carbocycles. The third kappa shape index (κ3) is 2.02. The van der Waals surface area contributed by atoms with Gasteiger partial charge in [0.2, 0.25) is 0 Å². The van der Waals surface area contributed by atoms with E-state index in [1.807, 2.05) is 0 Å². The van der Waals surface area contributed by atoms with Crippen molar-refractivity contribution < 1.29 is 9.47 Å². The third-order valence-electron chi connectivity index (χ3n) is 3.97. The van der Waals surface area contributed by atoms with E-state index in [2.05, 4.69) is 6.58 Å². The van der Waals surface area contributed by atoms with Crippen molar-refractivity contribution in [3.05, 3.63) is 44.1 Å². The molecular weight excluding hydrogens is 290 g/mol. The van der Waals surface area contributed by atoms with Gasteiger partial charge in [-0.15, -0.1) is 6.58 Å². The molecule has 2 fully saturated rings. The zero-order chi connectivity index (χ0) is 16.4. The minimum absolute atomic E-state index is 0.0121. The average molecular weight is 309 g/mol. The summed E-state index contributed by atoms with van der Waals surface area (Å²) in [5.41, 5.74) is -3.32. The lowest BCUT2D eigenvalue weighted by Crippen LogP contribution is -2.55. The average Bonchev–Trinajstić information content (AvgIpc) is 3.22. The van der Waals surface area contributed by atoms with Gasteiger partial charge in [0, 0.05) is 0 Å². The quantitative estimate of drug-likeness (QED) is 0.575. The molecule has 120 valence electrons. The molecule has 1 aromatic heterocycles. The van der Waals surface area contributed by atoms with E-state index in [1.54, 1.807) is 27.7 Å². The van der Waals surface area contributed by atoms with Crippen molar-refractivity contribution in [1.82, 2.24) is 13.7 Å². The minimum Gasteiger partial charge on any atom is -0.344 e. The van der Waals surface area contributed by atoms with E-state index >= 15 is 0 Å². The van der Waals surface area contributed by atoms with Crippen LogP contribution in [0.5, 0.6) is 0 Å². The number of aromatic nitrogens is 3. The lowest BCUT2D eigenvalue weighted by molar-refractivity contribution is 0.269. The Morgan fingerprint density at radius 1 is 0.955 bits per heavy atom. The van der Waals surface area contributed by atoms with Gasteiger partial charge in [-0.3, -0.25) is 0 Å². The number of ether oxygens (including phenoxy) is 2. The molecule has 22 heavy (non-hydrogen) atoms. The number of epoxide rings is 2. The summed E-state index contributed by atoms with van der Waals surface area (Å²) in [5, 5.41) is 0. The van der Waals surface area contributed by atoms with Crippen LogP contribution in [0.25, 0.3) is 0 Å². The van der Waals surface area contributed by atoms with E-state index in [9.17, 15) is 14.4 Å². The van der Waals surface area contributed by atoms with E-state index in [-0.39, 0.29) is 6.54 Å². The van der Waals surface area contributed by atoms with Crippen LogP contribution in [0.1, 0.15) is 40.2 Å². The second-order valence-corrected chi connectivity index (χ2v) is 6.63. The molecule has 1 aromatic rings. The van der Waals surface area contributed by atoms with E-state index < -0.39 is 40.7 Å². The minimum atomic E-state index is -0.707. The summed E-state index contributed by atoms with van der Waals surface area (Å²) in [4.78, 5) is 37.6. The van der Waals surface area contributed by atoms with Gasteiger partial charge in [0.1, 0.15) is 11.2 Å². The fraction of sp³-hybridized carbons (Fsp3) is 0.643. The van der Waals surface area contributed by atoms with Gasteiger partial charge in [-0.1, -0.05) is 6.08 Å². The summed E-state index contributed by atoms with van der Waals surface area (Å²) in [7, 11) is 0. The molecule has 0 amide bonds. The van der Waals surface area contributed by atoms with Gasteiger partial charge in [-0.25, -0.2) is 28.1 Å². The Morgan fingerprint density at radius 2 is 1.32 bits per heavy atom. The first-order chi connectivity index (χ1) is 10.1. The lowest BCUT2D eigenvalue weighted by Gasteiger charge is -2.11. The van der Waals surface area contributed by atoms with Gasteiger partial charge in [-0.05, 0) is 27.7 Å². The fourth-order valence-corrected chi connectivity index (χ4v) is 2.54. The highest BCUT2D eigenvalue weighted by atomic mass is 16.6. The number of rotatable bonds is 4. The van der Waals surface area contributed by atoms with Crippen LogP contribution in [0.3, 0.4) is 0 Å². The lowest BCUT2D eigenvalue weighted by atomic mass is 10.2. The topological polar surface area (TPSA) is 91.1 Å². The van der Waals surface area contributed by atoms with Crippen LogP contribution in [-0.4, -0.2) is 24.9 Å². The molecule has 3 rings (SSSR count). The zero-order valence-corrected chi connectivity index (χ0v) is 13.0. The molecule has 0 aliphatic carbocycles. The molecule has 2 aliphatic heterocycles. The highest BCUT2D eigenvalue weighted by molar-refractivity contribution is 5.00. The van der Waals surface area contributed by atoms with E-state index in [1.165, 1.54) is 6.08 Å². The maximum Gasteiger partial charge on any atom is 0.340 e. The molecule has 0 radical (unpaired) electrons. The van der Waals surface area contributed by atoms with E-state index in [0.29, 0.717) is 0 Å². The van der Waals surface area contributed by atoms with Gasteiger partial charge in [0.15, 0.2) is 12.5 Å². The predicted octanol–water partition coefficient (Wildman–Crippen LogP) is -0.0275. The van der Waals surface area contributed by atoms with Gasteiger partial charge in [0.05, 0.1) is 6.54 Å². The molecule has 2 aliphatic rings. The second-order valence-electron chi connectivity index (χ2n) is 6.63. The molecule has 2 atom stereocenters. The molecule has 8 heteroatoms. The van der Waals surface area contributed by atoms with Crippen molar-refractivity contribution in [3.8, 4) is 0 Å². The van der Waals surface area contributed by atoms with Crippen LogP contribution in [0, 0.1) is 0 Å². The largest absolute Gasteiger partial charge is 0.344 e. The Balaban J connectivity index is 2.28. The number of allylic oxidation sites excluding steroid dienone is 1. The normalized spacial score (nSPS) is 27.5. The van der Waals surface area contributed by atoms with Crippen molar-refractivity contribution >= 4 is 0 Å². The first kappa shape index (κ1) is 15.0. The summed E-state index contributed by atoms with van der Waals surface area (Å²) in [6.07, 6.45) is 0.0642. The number of hydrogen-bond acceptors (Lipinski definition) is 5. The highest BCUT2D eigenvalue weighted by Gasteiger charge is 2.55. The Kier molecular flexibility index (Phi) is 2.93. The molecule has 3 heterocycles. The molecule has 2 unspecified atom stereocenters. The van der Waals surface area contributed by atoms with Crippen LogP contribution in [0.2, 0.25) is 0 Å². The van der Waals surface area contributed by atoms with Gasteiger partial charge in [-0.2, -0.15) is 0 Å². The maximum absolute atomic E-state index is 12.6. The monoisotopic (exact) mass is 309 g/mol. The molecule has 0 N–H and O–H groups in total. The van der Waals surface area contributed by atoms with Crippen LogP contribution in [-0.2, 0) is 16.0 Å². The molecule has 8 nitrogen and oxygen atoms in total. The van der Waals surface area contributed by atoms with Crippen LogP contribution in [0.15, 0.2) is 27.0 Å². The smallest absolute Gasteiger partial charge is 0.340 e. The second kappa shape index (κ2) is 4.30. The first-order valence-electron chi connectivity index (χ1n) is 7.06. The molecule has 0 saturated carbocycles. The highest BCUT2D eigenvalue weighted by Crippen LogP contribution is 2.45. The number of nitrogens with zero attached hydrogens (tertiary/aromatic N) is 3. The van der Waals surface area contributed by atoms with Crippen molar-refractivity contribution in [1.29, 1.82) is 0 Å². The summed E-state index contributed by atoms with van der Waals surface area (Å²) in [5.74, 6) is 0. The van der Waals surface area contributed by atoms with Gasteiger partial charge >= 0.3 is 17.1 Å². The maximum atomic E-state index is 12.6. The van der Waals surface area contributed by atoms with Crippen molar-refractivity contribution in [2.75, 3.05) is 0 Å². The molecule has 0 spiro atoms. The summed E-state index contributed by atoms with van der Waals surface area (Å²) >= 11 is 0. The summed E-state index contributed by atoms with van der Waals surface area (Å²) < 4.78 is 13.7. The fourth-order valence-electron chi connectivity index (χ4n) is 2.54. The Hall–Kier alpha value is -1.93. The summed E-state index contributed by atoms with van der Waals surface area (Å²) in [6.45, 7) is 10.6. The van der Waals surface area contributed by atoms with Crippen molar-refractivity contribution in [2.24, 2.45) is 0 Å². The van der Waals surface area contributed by atoms with Crippen molar-refractivity contribution in [2.45, 2.75) is 57.9 Å². The van der Waals surface area contributed by atoms with Crippen LogP contribution in [0.4, 0.5) is 0 Å². The number of hydrogen-bond donors (Lipinski definition) is 0. The standard InChI is InChI=1S/C14H19N3O5/c1-6-7-15-10(18)16(8-13(2,3)21-8)12(20)17(11(15)19)9-14(4,5)22-9/h6,8-9H,1,7H2,2-5H3.